The Labute approximate surface area is 112 Å². The van der Waals surface area contributed by atoms with E-state index < -0.39 is 0 Å². The highest BCUT2D eigenvalue weighted by Gasteiger charge is 2.16. The number of carbonyl (C=O) groups excluding carboxylic acids is 1. The highest BCUT2D eigenvalue weighted by molar-refractivity contribution is 6.06. The van der Waals surface area contributed by atoms with Gasteiger partial charge < -0.3 is 10.1 Å². The number of aryl methyl sites for hydroxylation is 3. The second kappa shape index (κ2) is 5.14. The van der Waals surface area contributed by atoms with E-state index in [1.807, 2.05) is 32.0 Å². The normalized spacial score (nSPS) is 10.3. The van der Waals surface area contributed by atoms with E-state index in [0.29, 0.717) is 11.4 Å². The van der Waals surface area contributed by atoms with E-state index in [2.05, 4.69) is 10.4 Å². The molecule has 19 heavy (non-hydrogen) atoms. The molecule has 5 heteroatoms. The molecule has 0 aliphatic rings. The molecule has 1 heterocycles. The van der Waals surface area contributed by atoms with Crippen LogP contribution >= 0.6 is 0 Å². The number of carbonyl (C=O) groups is 1. The fourth-order valence-electron chi connectivity index (χ4n) is 1.92. The SMILES string of the molecule is COc1nn(C)cc1C(=O)Nc1ccc(C)cc1C. The lowest BCUT2D eigenvalue weighted by Gasteiger charge is -2.08. The Morgan fingerprint density at radius 1 is 1.37 bits per heavy atom. The summed E-state index contributed by atoms with van der Waals surface area (Å²) in [6.45, 7) is 3.98. The van der Waals surface area contributed by atoms with E-state index >= 15 is 0 Å². The number of benzene rings is 1. The van der Waals surface area contributed by atoms with Gasteiger partial charge in [0.25, 0.3) is 5.91 Å². The summed E-state index contributed by atoms with van der Waals surface area (Å²) in [4.78, 5) is 12.2. The molecular formula is C14H17N3O2. The Balaban J connectivity index is 2.25. The molecule has 0 unspecified atom stereocenters. The molecule has 2 rings (SSSR count). The standard InChI is InChI=1S/C14H17N3O2/c1-9-5-6-12(10(2)7-9)15-13(18)11-8-17(3)16-14(11)19-4/h5-8H,1-4H3,(H,15,18). The Kier molecular flexibility index (Phi) is 3.55. The maximum atomic E-state index is 12.2. The third kappa shape index (κ3) is 2.76. The highest BCUT2D eigenvalue weighted by atomic mass is 16.5. The second-order valence-electron chi connectivity index (χ2n) is 4.50. The number of aromatic nitrogens is 2. The minimum absolute atomic E-state index is 0.225. The van der Waals surface area contributed by atoms with Gasteiger partial charge in [-0.25, -0.2) is 0 Å². The van der Waals surface area contributed by atoms with Crippen molar-refractivity contribution in [2.24, 2.45) is 7.05 Å². The van der Waals surface area contributed by atoms with Crippen molar-refractivity contribution in [3.63, 3.8) is 0 Å². The molecule has 0 saturated heterocycles. The van der Waals surface area contributed by atoms with E-state index in [0.717, 1.165) is 16.8 Å². The number of hydrogen-bond acceptors (Lipinski definition) is 3. The minimum Gasteiger partial charge on any atom is -0.479 e. The first kappa shape index (κ1) is 13.1. The van der Waals surface area contributed by atoms with E-state index in [4.69, 9.17) is 4.74 Å². The molecule has 1 aromatic heterocycles. The zero-order valence-electron chi connectivity index (χ0n) is 11.5. The number of nitrogens with zero attached hydrogens (tertiary/aromatic N) is 2. The molecular weight excluding hydrogens is 242 g/mol. The summed E-state index contributed by atoms with van der Waals surface area (Å²) in [5, 5.41) is 6.93. The summed E-state index contributed by atoms with van der Waals surface area (Å²) in [6, 6.07) is 5.88. The van der Waals surface area contributed by atoms with Crippen LogP contribution in [0.2, 0.25) is 0 Å². The maximum absolute atomic E-state index is 12.2. The van der Waals surface area contributed by atoms with Gasteiger partial charge in [0, 0.05) is 18.9 Å². The van der Waals surface area contributed by atoms with Gasteiger partial charge in [-0.3, -0.25) is 9.48 Å². The molecule has 0 atom stereocenters. The van der Waals surface area contributed by atoms with Crippen molar-refractivity contribution in [3.8, 4) is 5.88 Å². The monoisotopic (exact) mass is 259 g/mol. The van der Waals surface area contributed by atoms with Crippen LogP contribution in [0.25, 0.3) is 0 Å². The van der Waals surface area contributed by atoms with Crippen LogP contribution in [0.1, 0.15) is 21.5 Å². The van der Waals surface area contributed by atoms with E-state index in [1.165, 1.54) is 7.11 Å². The van der Waals surface area contributed by atoms with E-state index in [9.17, 15) is 4.79 Å². The molecule has 0 radical (unpaired) electrons. The smallest absolute Gasteiger partial charge is 0.262 e. The molecule has 5 nitrogen and oxygen atoms in total. The Hall–Kier alpha value is -2.30. The first-order chi connectivity index (χ1) is 9.01. The van der Waals surface area contributed by atoms with Crippen molar-refractivity contribution in [1.29, 1.82) is 0 Å². The molecule has 1 aromatic carbocycles. The highest BCUT2D eigenvalue weighted by Crippen LogP contribution is 2.20. The lowest BCUT2D eigenvalue weighted by Crippen LogP contribution is -2.13. The van der Waals surface area contributed by atoms with Crippen LogP contribution in [0.5, 0.6) is 5.88 Å². The summed E-state index contributed by atoms with van der Waals surface area (Å²) in [5.41, 5.74) is 3.40. The number of ether oxygens (including phenoxy) is 1. The molecule has 1 N–H and O–H groups in total. The molecule has 0 aliphatic carbocycles. The van der Waals surface area contributed by atoms with Gasteiger partial charge in [0.05, 0.1) is 7.11 Å². The third-order valence-electron chi connectivity index (χ3n) is 2.86. The average Bonchev–Trinajstić information content (AvgIpc) is 2.74. The maximum Gasteiger partial charge on any atom is 0.262 e. The lowest BCUT2D eigenvalue weighted by molar-refractivity contribution is 0.102. The summed E-state index contributed by atoms with van der Waals surface area (Å²) >= 11 is 0. The number of anilines is 1. The number of hydrogen-bond donors (Lipinski definition) is 1. The van der Waals surface area contributed by atoms with E-state index in [1.54, 1.807) is 17.9 Å². The van der Waals surface area contributed by atoms with Crippen LogP contribution < -0.4 is 10.1 Å². The second-order valence-corrected chi connectivity index (χ2v) is 4.50. The lowest BCUT2D eigenvalue weighted by atomic mass is 10.1. The first-order valence-electron chi connectivity index (χ1n) is 5.97. The number of amides is 1. The molecule has 100 valence electrons. The van der Waals surface area contributed by atoms with Crippen LogP contribution in [-0.2, 0) is 7.05 Å². The summed E-state index contributed by atoms with van der Waals surface area (Å²) in [6.07, 6.45) is 1.64. The van der Waals surface area contributed by atoms with Crippen LogP contribution in [0.4, 0.5) is 5.69 Å². The van der Waals surface area contributed by atoms with E-state index in [-0.39, 0.29) is 5.91 Å². The minimum atomic E-state index is -0.225. The number of nitrogens with one attached hydrogen (secondary N) is 1. The van der Waals surface area contributed by atoms with Crippen molar-refractivity contribution < 1.29 is 9.53 Å². The van der Waals surface area contributed by atoms with Crippen LogP contribution in [0.15, 0.2) is 24.4 Å². The molecule has 2 aromatic rings. The fourth-order valence-corrected chi connectivity index (χ4v) is 1.92. The zero-order chi connectivity index (χ0) is 14.0. The van der Waals surface area contributed by atoms with Gasteiger partial charge in [0.15, 0.2) is 0 Å². The van der Waals surface area contributed by atoms with Gasteiger partial charge in [-0.2, -0.15) is 0 Å². The van der Waals surface area contributed by atoms with Crippen LogP contribution in [0.3, 0.4) is 0 Å². The molecule has 0 aliphatic heterocycles. The summed E-state index contributed by atoms with van der Waals surface area (Å²) < 4.78 is 6.63. The van der Waals surface area contributed by atoms with Gasteiger partial charge in [0.2, 0.25) is 5.88 Å². The predicted molar refractivity (Wildman–Crippen MR) is 73.6 cm³/mol. The van der Waals surface area contributed by atoms with Crippen molar-refractivity contribution >= 4 is 11.6 Å². The molecule has 0 fully saturated rings. The number of methoxy groups -OCH3 is 1. The van der Waals surface area contributed by atoms with Gasteiger partial charge in [-0.15, -0.1) is 5.10 Å². The van der Waals surface area contributed by atoms with Gasteiger partial charge >= 0.3 is 0 Å². The predicted octanol–water partition coefficient (Wildman–Crippen LogP) is 2.30. The van der Waals surface area contributed by atoms with Crippen molar-refractivity contribution in [3.05, 3.63) is 41.1 Å². The Morgan fingerprint density at radius 2 is 2.11 bits per heavy atom. The Morgan fingerprint density at radius 3 is 2.74 bits per heavy atom. The van der Waals surface area contributed by atoms with Crippen molar-refractivity contribution in [2.45, 2.75) is 13.8 Å². The quantitative estimate of drug-likeness (QED) is 0.920. The number of rotatable bonds is 3. The van der Waals surface area contributed by atoms with Crippen molar-refractivity contribution in [1.82, 2.24) is 9.78 Å². The largest absolute Gasteiger partial charge is 0.479 e. The van der Waals surface area contributed by atoms with Crippen molar-refractivity contribution in [2.75, 3.05) is 12.4 Å². The topological polar surface area (TPSA) is 56.2 Å². The molecule has 0 bridgehead atoms. The molecule has 1 amide bonds. The summed E-state index contributed by atoms with van der Waals surface area (Å²) in [5.74, 6) is 0.0988. The molecule has 0 saturated carbocycles. The average molecular weight is 259 g/mol. The van der Waals surface area contributed by atoms with Crippen LogP contribution in [0, 0.1) is 13.8 Å². The van der Waals surface area contributed by atoms with Gasteiger partial charge in [-0.1, -0.05) is 17.7 Å². The fraction of sp³-hybridized carbons (Fsp3) is 0.286. The third-order valence-corrected chi connectivity index (χ3v) is 2.86. The van der Waals surface area contributed by atoms with Crippen LogP contribution in [-0.4, -0.2) is 22.8 Å². The van der Waals surface area contributed by atoms with Gasteiger partial charge in [-0.05, 0) is 25.5 Å². The zero-order valence-corrected chi connectivity index (χ0v) is 11.5. The Bertz CT molecular complexity index is 617. The molecule has 0 spiro atoms. The van der Waals surface area contributed by atoms with Gasteiger partial charge in [0.1, 0.15) is 5.56 Å². The first-order valence-corrected chi connectivity index (χ1v) is 5.97. The summed E-state index contributed by atoms with van der Waals surface area (Å²) in [7, 11) is 3.24.